The molecule has 5 nitrogen and oxygen atoms in total. The first kappa shape index (κ1) is 19.2. The smallest absolute Gasteiger partial charge is 0.233 e. The molecule has 2 atom stereocenters. The van der Waals surface area contributed by atoms with Crippen molar-refractivity contribution in [3.8, 4) is 0 Å². The third kappa shape index (κ3) is 6.70. The summed E-state index contributed by atoms with van der Waals surface area (Å²) in [7, 11) is 0. The third-order valence-electron chi connectivity index (χ3n) is 4.33. The van der Waals surface area contributed by atoms with Gasteiger partial charge in [0.05, 0.1) is 6.04 Å². The molecule has 0 aromatic heterocycles. The van der Waals surface area contributed by atoms with Gasteiger partial charge >= 0.3 is 0 Å². The molecule has 0 spiro atoms. The molecule has 0 saturated carbocycles. The number of benzene rings is 1. The number of hydroxylamine groups is 2. The number of hydrogen-bond donors (Lipinski definition) is 0. The van der Waals surface area contributed by atoms with Gasteiger partial charge in [0.25, 0.3) is 0 Å². The molecular weight excluding hydrogens is 316 g/mol. The molecule has 0 fully saturated rings. The van der Waals surface area contributed by atoms with E-state index in [9.17, 15) is 4.79 Å². The SMILES string of the molecule is C=C(CCCCCCN(C=O)OCc1ccccc1)C1OC=NC1C. The fourth-order valence-corrected chi connectivity index (χ4v) is 2.82. The quantitative estimate of drug-likeness (QED) is 0.250. The summed E-state index contributed by atoms with van der Waals surface area (Å²) in [6, 6.07) is 10.0. The van der Waals surface area contributed by atoms with Crippen molar-refractivity contribution in [2.75, 3.05) is 6.54 Å². The Labute approximate surface area is 150 Å². The molecule has 2 unspecified atom stereocenters. The van der Waals surface area contributed by atoms with Gasteiger partial charge in [0.15, 0.2) is 6.40 Å². The van der Waals surface area contributed by atoms with Gasteiger partial charge in [0, 0.05) is 6.54 Å². The van der Waals surface area contributed by atoms with Gasteiger partial charge in [-0.2, -0.15) is 0 Å². The van der Waals surface area contributed by atoms with Crippen LogP contribution in [0.5, 0.6) is 0 Å². The average molecular weight is 344 g/mol. The maximum absolute atomic E-state index is 11.1. The maximum atomic E-state index is 11.1. The van der Waals surface area contributed by atoms with E-state index < -0.39 is 0 Å². The van der Waals surface area contributed by atoms with Crippen molar-refractivity contribution in [1.82, 2.24) is 5.06 Å². The van der Waals surface area contributed by atoms with Crippen LogP contribution in [0.2, 0.25) is 0 Å². The minimum Gasteiger partial charge on any atom is -0.474 e. The molecule has 25 heavy (non-hydrogen) atoms. The molecular formula is C20H28N2O3. The summed E-state index contributed by atoms with van der Waals surface area (Å²) in [5, 5.41) is 1.39. The summed E-state index contributed by atoms with van der Waals surface area (Å²) in [5.41, 5.74) is 2.17. The van der Waals surface area contributed by atoms with Crippen LogP contribution in [0.15, 0.2) is 47.5 Å². The Balaban J connectivity index is 1.52. The summed E-state index contributed by atoms with van der Waals surface area (Å²) < 4.78 is 5.46. The lowest BCUT2D eigenvalue weighted by atomic mass is 9.99. The molecule has 136 valence electrons. The predicted molar refractivity (Wildman–Crippen MR) is 99.1 cm³/mol. The molecule has 1 aliphatic rings. The largest absolute Gasteiger partial charge is 0.474 e. The Morgan fingerprint density at radius 2 is 2.04 bits per heavy atom. The molecule has 1 heterocycles. The molecule has 0 saturated heterocycles. The lowest BCUT2D eigenvalue weighted by Gasteiger charge is -2.17. The monoisotopic (exact) mass is 344 g/mol. The van der Waals surface area contributed by atoms with Crippen LogP contribution in [0.4, 0.5) is 0 Å². The zero-order chi connectivity index (χ0) is 17.9. The van der Waals surface area contributed by atoms with Crippen molar-refractivity contribution in [2.24, 2.45) is 4.99 Å². The van der Waals surface area contributed by atoms with Crippen molar-refractivity contribution >= 4 is 12.8 Å². The van der Waals surface area contributed by atoms with E-state index in [-0.39, 0.29) is 12.1 Å². The Kier molecular flexibility index (Phi) is 8.19. The molecule has 0 aliphatic carbocycles. The number of amides is 1. The van der Waals surface area contributed by atoms with Crippen LogP contribution in [-0.2, 0) is 21.0 Å². The summed E-state index contributed by atoms with van der Waals surface area (Å²) in [6.07, 6.45) is 7.46. The maximum Gasteiger partial charge on any atom is 0.233 e. The van der Waals surface area contributed by atoms with Crippen LogP contribution in [0.1, 0.15) is 44.6 Å². The Bertz CT molecular complexity index is 559. The molecule has 0 radical (unpaired) electrons. The first-order valence-corrected chi connectivity index (χ1v) is 8.94. The molecule has 1 aromatic rings. The summed E-state index contributed by atoms with van der Waals surface area (Å²) in [6.45, 7) is 7.20. The van der Waals surface area contributed by atoms with Crippen LogP contribution in [0.25, 0.3) is 0 Å². The van der Waals surface area contributed by atoms with E-state index in [0.29, 0.717) is 13.2 Å². The number of carbonyl (C=O) groups excluding carboxylic acids is 1. The van der Waals surface area contributed by atoms with Gasteiger partial charge < -0.3 is 4.74 Å². The average Bonchev–Trinajstić information content (AvgIpc) is 3.07. The van der Waals surface area contributed by atoms with Crippen molar-refractivity contribution in [3.05, 3.63) is 48.0 Å². The van der Waals surface area contributed by atoms with Crippen molar-refractivity contribution < 1.29 is 14.4 Å². The van der Waals surface area contributed by atoms with Crippen molar-refractivity contribution in [3.63, 3.8) is 0 Å². The molecule has 2 rings (SSSR count). The highest BCUT2D eigenvalue weighted by Crippen LogP contribution is 2.21. The topological polar surface area (TPSA) is 51.1 Å². The first-order chi connectivity index (χ1) is 12.2. The predicted octanol–water partition coefficient (Wildman–Crippen LogP) is 3.90. The summed E-state index contributed by atoms with van der Waals surface area (Å²) >= 11 is 0. The van der Waals surface area contributed by atoms with Gasteiger partial charge in [-0.15, -0.1) is 0 Å². The minimum atomic E-state index is 0.0388. The van der Waals surface area contributed by atoms with Gasteiger partial charge in [0.1, 0.15) is 12.7 Å². The van der Waals surface area contributed by atoms with Crippen LogP contribution in [0.3, 0.4) is 0 Å². The number of aliphatic imine (C=N–C) groups is 1. The highest BCUT2D eigenvalue weighted by Gasteiger charge is 2.23. The molecule has 1 amide bonds. The van der Waals surface area contributed by atoms with Gasteiger partial charge in [-0.1, -0.05) is 49.8 Å². The van der Waals surface area contributed by atoms with E-state index in [1.165, 1.54) is 11.5 Å². The Morgan fingerprint density at radius 3 is 2.72 bits per heavy atom. The second-order valence-corrected chi connectivity index (χ2v) is 6.38. The fraction of sp³-hybridized carbons (Fsp3) is 0.500. The Morgan fingerprint density at radius 1 is 1.28 bits per heavy atom. The normalized spacial score (nSPS) is 18.8. The highest BCUT2D eigenvalue weighted by molar-refractivity contribution is 5.51. The van der Waals surface area contributed by atoms with Gasteiger partial charge in [0.2, 0.25) is 6.41 Å². The molecule has 0 bridgehead atoms. The second-order valence-electron chi connectivity index (χ2n) is 6.38. The number of nitrogens with zero attached hydrogens (tertiary/aromatic N) is 2. The minimum absolute atomic E-state index is 0.0388. The number of ether oxygens (including phenoxy) is 1. The van der Waals surface area contributed by atoms with Crippen LogP contribution in [0, 0.1) is 0 Å². The van der Waals surface area contributed by atoms with Gasteiger partial charge in [-0.3, -0.25) is 14.6 Å². The molecule has 1 aromatic carbocycles. The number of rotatable bonds is 12. The van der Waals surface area contributed by atoms with E-state index in [1.807, 2.05) is 37.3 Å². The van der Waals surface area contributed by atoms with E-state index in [2.05, 4.69) is 11.6 Å². The van der Waals surface area contributed by atoms with E-state index >= 15 is 0 Å². The number of hydrogen-bond acceptors (Lipinski definition) is 4. The standard InChI is InChI=1S/C20H28N2O3/c1-17(20-18(2)21-15-24-20)10-6-3-4-9-13-22(16-23)25-14-19-11-7-5-8-12-19/h5,7-8,11-12,15-16,18,20H,1,3-4,6,9-10,13-14H2,2H3. The lowest BCUT2D eigenvalue weighted by Crippen LogP contribution is -2.23. The van der Waals surface area contributed by atoms with E-state index in [0.717, 1.165) is 49.7 Å². The lowest BCUT2D eigenvalue weighted by molar-refractivity contribution is -0.177. The van der Waals surface area contributed by atoms with Crippen molar-refractivity contribution in [2.45, 2.75) is 57.8 Å². The van der Waals surface area contributed by atoms with Crippen LogP contribution >= 0.6 is 0 Å². The van der Waals surface area contributed by atoms with E-state index in [1.54, 1.807) is 0 Å². The molecule has 5 heteroatoms. The van der Waals surface area contributed by atoms with E-state index in [4.69, 9.17) is 9.57 Å². The zero-order valence-corrected chi connectivity index (χ0v) is 15.0. The summed E-state index contributed by atoms with van der Waals surface area (Å²) in [5.74, 6) is 0. The second kappa shape index (κ2) is 10.7. The third-order valence-corrected chi connectivity index (χ3v) is 4.33. The number of unbranched alkanes of at least 4 members (excludes halogenated alkanes) is 3. The van der Waals surface area contributed by atoms with Gasteiger partial charge in [-0.05, 0) is 37.3 Å². The Hall–Kier alpha value is -2.14. The molecule has 0 N–H and O–H groups in total. The zero-order valence-electron chi connectivity index (χ0n) is 15.0. The number of carbonyl (C=O) groups is 1. The highest BCUT2D eigenvalue weighted by atomic mass is 16.7. The summed E-state index contributed by atoms with van der Waals surface area (Å²) in [4.78, 5) is 20.8. The van der Waals surface area contributed by atoms with Crippen LogP contribution in [-0.4, -0.2) is 36.6 Å². The first-order valence-electron chi connectivity index (χ1n) is 8.94. The van der Waals surface area contributed by atoms with Gasteiger partial charge in [-0.25, -0.2) is 5.06 Å². The fourth-order valence-electron chi connectivity index (χ4n) is 2.82. The van der Waals surface area contributed by atoms with Crippen LogP contribution < -0.4 is 0 Å². The van der Waals surface area contributed by atoms with Crippen molar-refractivity contribution in [1.29, 1.82) is 0 Å². The molecule has 1 aliphatic heterocycles.